The average molecular weight is 429 g/mol. The van der Waals surface area contributed by atoms with Gasteiger partial charge in [0.2, 0.25) is 5.82 Å². The fourth-order valence-electron chi connectivity index (χ4n) is 3.45. The molecule has 1 aliphatic rings. The first-order valence-corrected chi connectivity index (χ1v) is 9.91. The predicted octanol–water partition coefficient (Wildman–Crippen LogP) is 5.21. The van der Waals surface area contributed by atoms with Crippen LogP contribution in [0.3, 0.4) is 0 Å². The zero-order valence-electron chi connectivity index (χ0n) is 15.8. The first-order chi connectivity index (χ1) is 14.0. The molecule has 148 valence electrons. The van der Waals surface area contributed by atoms with Gasteiger partial charge >= 0.3 is 0 Å². The SMILES string of the molecule is CCN1C(=S)NC(c2cccc(F)c2)C(c2nc(-c3cccc(Cl)c3)no2)=C1C. The zero-order valence-corrected chi connectivity index (χ0v) is 17.4. The molecule has 1 aromatic heterocycles. The van der Waals surface area contributed by atoms with E-state index in [1.165, 1.54) is 12.1 Å². The van der Waals surface area contributed by atoms with Gasteiger partial charge in [0.1, 0.15) is 5.82 Å². The van der Waals surface area contributed by atoms with Crippen molar-refractivity contribution in [2.45, 2.75) is 19.9 Å². The standard InChI is InChI=1S/C21H18ClFN4OS/c1-3-27-12(2)17(18(24-21(27)29)13-6-5-9-16(23)11-13)20-25-19(26-28-20)14-7-4-8-15(22)10-14/h4-11,18H,3H2,1-2H3,(H,24,29). The molecular weight excluding hydrogens is 411 g/mol. The van der Waals surface area contributed by atoms with E-state index < -0.39 is 6.04 Å². The summed E-state index contributed by atoms with van der Waals surface area (Å²) in [6, 6.07) is 13.2. The van der Waals surface area contributed by atoms with Crippen molar-refractivity contribution in [3.8, 4) is 11.4 Å². The Bertz CT molecular complexity index is 1110. The molecule has 0 amide bonds. The number of hydrogen-bond acceptors (Lipinski definition) is 4. The molecule has 4 rings (SSSR count). The Morgan fingerprint density at radius 3 is 2.76 bits per heavy atom. The van der Waals surface area contributed by atoms with E-state index in [4.69, 9.17) is 28.3 Å². The van der Waals surface area contributed by atoms with Gasteiger partial charge in [0.25, 0.3) is 5.89 Å². The van der Waals surface area contributed by atoms with Gasteiger partial charge in [-0.25, -0.2) is 4.39 Å². The molecule has 0 saturated heterocycles. The number of rotatable bonds is 4. The third kappa shape index (κ3) is 3.75. The van der Waals surface area contributed by atoms with E-state index in [9.17, 15) is 4.39 Å². The van der Waals surface area contributed by atoms with Crippen molar-refractivity contribution in [1.82, 2.24) is 20.4 Å². The van der Waals surface area contributed by atoms with Gasteiger partial charge in [-0.2, -0.15) is 4.98 Å². The van der Waals surface area contributed by atoms with Crippen LogP contribution in [0.4, 0.5) is 4.39 Å². The summed E-state index contributed by atoms with van der Waals surface area (Å²) < 4.78 is 19.5. The Hall–Kier alpha value is -2.77. The highest BCUT2D eigenvalue weighted by Gasteiger charge is 2.33. The Labute approximate surface area is 178 Å². The van der Waals surface area contributed by atoms with Crippen LogP contribution in [0, 0.1) is 5.82 Å². The lowest BCUT2D eigenvalue weighted by molar-refractivity contribution is 0.398. The van der Waals surface area contributed by atoms with E-state index in [0.29, 0.717) is 28.4 Å². The molecule has 1 aliphatic heterocycles. The van der Waals surface area contributed by atoms with Crippen molar-refractivity contribution in [3.63, 3.8) is 0 Å². The summed E-state index contributed by atoms with van der Waals surface area (Å²) >= 11 is 11.6. The van der Waals surface area contributed by atoms with E-state index in [2.05, 4.69) is 15.5 Å². The largest absolute Gasteiger partial charge is 0.351 e. The molecule has 29 heavy (non-hydrogen) atoms. The first-order valence-electron chi connectivity index (χ1n) is 9.12. The molecule has 1 unspecified atom stereocenters. The third-order valence-electron chi connectivity index (χ3n) is 4.83. The van der Waals surface area contributed by atoms with Crippen LogP contribution in [0.25, 0.3) is 17.0 Å². The van der Waals surface area contributed by atoms with Crippen LogP contribution in [0.2, 0.25) is 5.02 Å². The molecule has 2 aromatic carbocycles. The molecule has 8 heteroatoms. The van der Waals surface area contributed by atoms with E-state index in [1.54, 1.807) is 18.2 Å². The lowest BCUT2D eigenvalue weighted by atomic mass is 9.95. The summed E-state index contributed by atoms with van der Waals surface area (Å²) in [6.45, 7) is 4.62. The smallest absolute Gasteiger partial charge is 0.258 e. The van der Waals surface area contributed by atoms with Gasteiger partial charge in [0.05, 0.1) is 11.6 Å². The molecule has 1 N–H and O–H groups in total. The molecule has 5 nitrogen and oxygen atoms in total. The molecule has 0 bridgehead atoms. The summed E-state index contributed by atoms with van der Waals surface area (Å²) in [5.41, 5.74) is 3.11. The van der Waals surface area contributed by atoms with Gasteiger partial charge in [-0.3, -0.25) is 0 Å². The number of nitrogens with one attached hydrogen (secondary N) is 1. The van der Waals surface area contributed by atoms with Crippen molar-refractivity contribution in [1.29, 1.82) is 0 Å². The van der Waals surface area contributed by atoms with Crippen LogP contribution in [0.1, 0.15) is 31.3 Å². The Morgan fingerprint density at radius 2 is 2.03 bits per heavy atom. The van der Waals surface area contributed by atoms with Crippen molar-refractivity contribution >= 4 is 34.5 Å². The minimum atomic E-state index is -0.409. The first kappa shape index (κ1) is 19.5. The van der Waals surface area contributed by atoms with Crippen LogP contribution < -0.4 is 5.32 Å². The van der Waals surface area contributed by atoms with E-state index >= 15 is 0 Å². The van der Waals surface area contributed by atoms with Gasteiger partial charge in [-0.1, -0.05) is 41.0 Å². The summed E-state index contributed by atoms with van der Waals surface area (Å²) in [7, 11) is 0. The molecule has 0 spiro atoms. The third-order valence-corrected chi connectivity index (χ3v) is 5.41. The highest BCUT2D eigenvalue weighted by atomic mass is 35.5. The Kier molecular flexibility index (Phi) is 5.34. The highest BCUT2D eigenvalue weighted by molar-refractivity contribution is 7.80. The fraction of sp³-hybridized carbons (Fsp3) is 0.190. The second kappa shape index (κ2) is 7.93. The highest BCUT2D eigenvalue weighted by Crippen LogP contribution is 2.37. The molecule has 1 atom stereocenters. The topological polar surface area (TPSA) is 54.2 Å². The summed E-state index contributed by atoms with van der Waals surface area (Å²) in [4.78, 5) is 6.54. The number of thiocarbonyl (C=S) groups is 1. The van der Waals surface area contributed by atoms with Gasteiger partial charge < -0.3 is 14.7 Å². The maximum absolute atomic E-state index is 13.9. The molecule has 0 radical (unpaired) electrons. The van der Waals surface area contributed by atoms with Gasteiger partial charge in [0, 0.05) is 22.8 Å². The lowest BCUT2D eigenvalue weighted by Gasteiger charge is -2.36. The van der Waals surface area contributed by atoms with Crippen molar-refractivity contribution in [3.05, 3.63) is 76.5 Å². The average Bonchev–Trinajstić information content (AvgIpc) is 3.17. The summed E-state index contributed by atoms with van der Waals surface area (Å²) in [5, 5.41) is 8.56. The van der Waals surface area contributed by atoms with Crippen LogP contribution in [-0.2, 0) is 0 Å². The van der Waals surface area contributed by atoms with Crippen LogP contribution in [0.5, 0.6) is 0 Å². The molecule has 0 saturated carbocycles. The number of benzene rings is 2. The summed E-state index contributed by atoms with van der Waals surface area (Å²) in [6.07, 6.45) is 0. The molecule has 0 fully saturated rings. The molecule has 2 heterocycles. The van der Waals surface area contributed by atoms with E-state index in [0.717, 1.165) is 22.4 Å². The maximum Gasteiger partial charge on any atom is 0.258 e. The number of nitrogens with zero attached hydrogens (tertiary/aromatic N) is 3. The molecule has 3 aromatic rings. The maximum atomic E-state index is 13.9. The van der Waals surface area contributed by atoms with Crippen LogP contribution in [-0.4, -0.2) is 26.7 Å². The zero-order chi connectivity index (χ0) is 20.5. The van der Waals surface area contributed by atoms with Crippen molar-refractivity contribution in [2.24, 2.45) is 0 Å². The van der Waals surface area contributed by atoms with E-state index in [-0.39, 0.29) is 5.82 Å². The number of aromatic nitrogens is 2. The Balaban J connectivity index is 1.83. The fourth-order valence-corrected chi connectivity index (χ4v) is 4.03. The van der Waals surface area contributed by atoms with E-state index in [1.807, 2.05) is 36.9 Å². The second-order valence-corrected chi connectivity index (χ2v) is 7.44. The minimum Gasteiger partial charge on any atom is -0.351 e. The monoisotopic (exact) mass is 428 g/mol. The van der Waals surface area contributed by atoms with Crippen LogP contribution >= 0.6 is 23.8 Å². The van der Waals surface area contributed by atoms with Gasteiger partial charge in [-0.15, -0.1) is 0 Å². The second-order valence-electron chi connectivity index (χ2n) is 6.61. The normalized spacial score (nSPS) is 16.9. The Morgan fingerprint density at radius 1 is 1.24 bits per heavy atom. The summed E-state index contributed by atoms with van der Waals surface area (Å²) in [5.74, 6) is 0.451. The van der Waals surface area contributed by atoms with Crippen molar-refractivity contribution in [2.75, 3.05) is 6.54 Å². The predicted molar refractivity (Wildman–Crippen MR) is 115 cm³/mol. The van der Waals surface area contributed by atoms with Crippen LogP contribution in [0.15, 0.2) is 58.8 Å². The lowest BCUT2D eigenvalue weighted by Crippen LogP contribution is -2.45. The number of hydrogen-bond donors (Lipinski definition) is 1. The number of allylic oxidation sites excluding steroid dienone is 1. The molecular formula is C21H18ClFN4OS. The molecule has 0 aliphatic carbocycles. The van der Waals surface area contributed by atoms with Crippen molar-refractivity contribution < 1.29 is 8.91 Å². The van der Waals surface area contributed by atoms with Gasteiger partial charge in [-0.05, 0) is 55.9 Å². The van der Waals surface area contributed by atoms with Gasteiger partial charge in [0.15, 0.2) is 5.11 Å². The number of halogens is 2. The quantitative estimate of drug-likeness (QED) is 0.575. The minimum absolute atomic E-state index is 0.324.